The number of ether oxygens (including phenoxy) is 1. The minimum absolute atomic E-state index is 0. The molecule has 2 unspecified atom stereocenters. The smallest absolute Gasteiger partial charge is 0.387 e. The molecule has 0 saturated carbocycles. The van der Waals surface area contributed by atoms with E-state index in [0.717, 1.165) is 19.5 Å². The predicted octanol–water partition coefficient (Wildman–Crippen LogP) is 3.53. The van der Waals surface area contributed by atoms with Crippen molar-refractivity contribution in [3.63, 3.8) is 0 Å². The molecule has 2 N–H and O–H groups in total. The maximum atomic E-state index is 12.4. The van der Waals surface area contributed by atoms with Crippen molar-refractivity contribution in [3.8, 4) is 5.75 Å². The van der Waals surface area contributed by atoms with Gasteiger partial charge in [-0.3, -0.25) is 4.90 Å². The van der Waals surface area contributed by atoms with Crippen LogP contribution >= 0.6 is 24.0 Å². The van der Waals surface area contributed by atoms with E-state index >= 15 is 0 Å². The summed E-state index contributed by atoms with van der Waals surface area (Å²) in [5.74, 6) is 0.578. The summed E-state index contributed by atoms with van der Waals surface area (Å²) in [5, 5.41) is 0.517. The maximum Gasteiger partial charge on any atom is 0.387 e. The van der Waals surface area contributed by atoms with E-state index in [0.29, 0.717) is 23.0 Å². The van der Waals surface area contributed by atoms with E-state index in [1.54, 1.807) is 12.1 Å². The third-order valence-electron chi connectivity index (χ3n) is 3.69. The average Bonchev–Trinajstić information content (AvgIpc) is 2.37. The lowest BCUT2D eigenvalue weighted by atomic mass is 9.94. The molecule has 0 aromatic heterocycles. The standard InChI is InChI=1S/C14H19ClF2N2O.ClH/c1-9-7-19(5-4-12(9)18)8-10-6-11(15)2-3-13(10)20-14(16)17;/h2-3,6,9,12,14H,4-5,7-8,18H2,1H3;1H. The highest BCUT2D eigenvalue weighted by Gasteiger charge is 2.24. The zero-order valence-corrected chi connectivity index (χ0v) is 13.3. The van der Waals surface area contributed by atoms with Crippen LogP contribution in [0.5, 0.6) is 5.75 Å². The van der Waals surface area contributed by atoms with Gasteiger partial charge < -0.3 is 10.5 Å². The van der Waals surface area contributed by atoms with Crippen LogP contribution in [0.2, 0.25) is 5.02 Å². The number of rotatable bonds is 4. The van der Waals surface area contributed by atoms with Crippen LogP contribution in [0.1, 0.15) is 18.9 Å². The van der Waals surface area contributed by atoms with E-state index in [4.69, 9.17) is 17.3 Å². The Hall–Kier alpha value is -0.620. The van der Waals surface area contributed by atoms with E-state index < -0.39 is 6.61 Å². The van der Waals surface area contributed by atoms with Crippen molar-refractivity contribution in [1.82, 2.24) is 4.90 Å². The highest BCUT2D eigenvalue weighted by molar-refractivity contribution is 6.30. The molecule has 1 aromatic carbocycles. The van der Waals surface area contributed by atoms with Crippen LogP contribution in [0.15, 0.2) is 18.2 Å². The van der Waals surface area contributed by atoms with Crippen LogP contribution in [0.4, 0.5) is 8.78 Å². The number of hydrogen-bond donors (Lipinski definition) is 1. The number of benzene rings is 1. The molecule has 1 heterocycles. The van der Waals surface area contributed by atoms with Gasteiger partial charge in [-0.05, 0) is 37.1 Å². The molecule has 1 aliphatic heterocycles. The number of nitrogens with zero attached hydrogens (tertiary/aromatic N) is 1. The Morgan fingerprint density at radius 2 is 2.19 bits per heavy atom. The minimum atomic E-state index is -2.83. The first-order valence-corrected chi connectivity index (χ1v) is 7.04. The SMILES string of the molecule is CC1CN(Cc2cc(Cl)ccc2OC(F)F)CCC1N.Cl. The Labute approximate surface area is 134 Å². The van der Waals surface area contributed by atoms with Crippen molar-refractivity contribution in [2.75, 3.05) is 13.1 Å². The van der Waals surface area contributed by atoms with Crippen LogP contribution in [0.25, 0.3) is 0 Å². The molecule has 0 amide bonds. The molecule has 1 saturated heterocycles. The summed E-state index contributed by atoms with van der Waals surface area (Å²) in [6, 6.07) is 4.93. The van der Waals surface area contributed by atoms with Gasteiger partial charge in [0.1, 0.15) is 5.75 Å². The lowest BCUT2D eigenvalue weighted by Crippen LogP contribution is -2.45. The first-order valence-electron chi connectivity index (χ1n) is 6.67. The van der Waals surface area contributed by atoms with Gasteiger partial charge >= 0.3 is 6.61 Å². The summed E-state index contributed by atoms with van der Waals surface area (Å²) in [6.07, 6.45) is 0.909. The fourth-order valence-corrected chi connectivity index (χ4v) is 2.71. The molecule has 120 valence electrons. The molecule has 21 heavy (non-hydrogen) atoms. The monoisotopic (exact) mass is 340 g/mol. The normalized spacial score (nSPS) is 23.0. The van der Waals surface area contributed by atoms with Gasteiger partial charge in [-0.15, -0.1) is 12.4 Å². The van der Waals surface area contributed by atoms with Crippen molar-refractivity contribution in [1.29, 1.82) is 0 Å². The molecule has 0 radical (unpaired) electrons. The van der Waals surface area contributed by atoms with E-state index in [1.807, 2.05) is 0 Å². The number of alkyl halides is 2. The highest BCUT2D eigenvalue weighted by atomic mass is 35.5. The Morgan fingerprint density at radius 3 is 2.81 bits per heavy atom. The Kier molecular flexibility index (Phi) is 7.13. The molecule has 0 bridgehead atoms. The number of halogens is 4. The lowest BCUT2D eigenvalue weighted by molar-refractivity contribution is -0.0508. The van der Waals surface area contributed by atoms with Crippen molar-refractivity contribution in [2.24, 2.45) is 11.7 Å². The van der Waals surface area contributed by atoms with Gasteiger partial charge in [-0.1, -0.05) is 18.5 Å². The van der Waals surface area contributed by atoms with Gasteiger partial charge in [0.2, 0.25) is 0 Å². The van der Waals surface area contributed by atoms with Crippen LogP contribution in [0.3, 0.4) is 0 Å². The summed E-state index contributed by atoms with van der Waals surface area (Å²) in [6.45, 7) is 1.52. The van der Waals surface area contributed by atoms with Crippen molar-refractivity contribution < 1.29 is 13.5 Å². The largest absolute Gasteiger partial charge is 0.434 e. The quantitative estimate of drug-likeness (QED) is 0.911. The van der Waals surface area contributed by atoms with Gasteiger partial charge in [-0.2, -0.15) is 8.78 Å². The first kappa shape index (κ1) is 18.4. The molecule has 1 aromatic rings. The molecule has 3 nitrogen and oxygen atoms in total. The molecule has 0 spiro atoms. The molecule has 1 aliphatic rings. The van der Waals surface area contributed by atoms with E-state index in [9.17, 15) is 8.78 Å². The summed E-state index contributed by atoms with van der Waals surface area (Å²) in [5.41, 5.74) is 6.66. The highest BCUT2D eigenvalue weighted by Crippen LogP contribution is 2.27. The molecular formula is C14H20Cl2F2N2O. The zero-order valence-electron chi connectivity index (χ0n) is 11.8. The minimum Gasteiger partial charge on any atom is -0.434 e. The van der Waals surface area contributed by atoms with Gasteiger partial charge in [0.25, 0.3) is 0 Å². The third kappa shape index (κ3) is 5.25. The van der Waals surface area contributed by atoms with E-state index in [-0.39, 0.29) is 24.2 Å². The van der Waals surface area contributed by atoms with Crippen LogP contribution < -0.4 is 10.5 Å². The van der Waals surface area contributed by atoms with Gasteiger partial charge in [0.05, 0.1) is 0 Å². The summed E-state index contributed by atoms with van der Waals surface area (Å²) < 4.78 is 29.4. The molecular weight excluding hydrogens is 321 g/mol. The summed E-state index contributed by atoms with van der Waals surface area (Å²) in [4.78, 5) is 2.19. The third-order valence-corrected chi connectivity index (χ3v) is 3.92. The zero-order chi connectivity index (χ0) is 14.7. The Bertz CT molecular complexity index is 463. The summed E-state index contributed by atoms with van der Waals surface area (Å²) >= 11 is 5.94. The van der Waals surface area contributed by atoms with Crippen molar-refractivity contribution >= 4 is 24.0 Å². The second-order valence-corrected chi connectivity index (χ2v) is 5.73. The second-order valence-electron chi connectivity index (χ2n) is 5.30. The molecule has 1 fully saturated rings. The van der Waals surface area contributed by atoms with Gasteiger partial charge in [0, 0.05) is 29.7 Å². The van der Waals surface area contributed by atoms with Crippen molar-refractivity contribution in [3.05, 3.63) is 28.8 Å². The predicted molar refractivity (Wildman–Crippen MR) is 82.4 cm³/mol. The first-order chi connectivity index (χ1) is 9.45. The fourth-order valence-electron chi connectivity index (χ4n) is 2.52. The van der Waals surface area contributed by atoms with Crippen LogP contribution in [0, 0.1) is 5.92 Å². The Morgan fingerprint density at radius 1 is 1.48 bits per heavy atom. The number of likely N-dealkylation sites (tertiary alicyclic amines) is 1. The lowest BCUT2D eigenvalue weighted by Gasteiger charge is -2.35. The molecule has 7 heteroatoms. The van der Waals surface area contributed by atoms with Crippen LogP contribution in [-0.4, -0.2) is 30.6 Å². The Balaban J connectivity index is 0.00000220. The topological polar surface area (TPSA) is 38.5 Å². The number of nitrogens with two attached hydrogens (primary N) is 1. The van der Waals surface area contributed by atoms with Gasteiger partial charge in [-0.25, -0.2) is 0 Å². The second kappa shape index (κ2) is 8.13. The molecule has 2 rings (SSSR count). The van der Waals surface area contributed by atoms with Crippen molar-refractivity contribution in [2.45, 2.75) is 32.5 Å². The van der Waals surface area contributed by atoms with Crippen LogP contribution in [-0.2, 0) is 6.54 Å². The van der Waals surface area contributed by atoms with E-state index in [2.05, 4.69) is 16.6 Å². The number of hydrogen-bond acceptors (Lipinski definition) is 3. The fraction of sp³-hybridized carbons (Fsp3) is 0.571. The number of piperidine rings is 1. The molecule has 0 aliphatic carbocycles. The van der Waals surface area contributed by atoms with Gasteiger partial charge in [0.15, 0.2) is 0 Å². The van der Waals surface area contributed by atoms with E-state index in [1.165, 1.54) is 6.07 Å². The average molecular weight is 341 g/mol. The maximum absolute atomic E-state index is 12.4. The molecule has 2 atom stereocenters. The summed E-state index contributed by atoms with van der Waals surface area (Å²) in [7, 11) is 0.